The molecule has 1 aliphatic heterocycles. The van der Waals surface area contributed by atoms with Crippen LogP contribution in [-0.2, 0) is 26.4 Å². The van der Waals surface area contributed by atoms with Gasteiger partial charge in [0.25, 0.3) is 0 Å². The quantitative estimate of drug-likeness (QED) is 0.634. The van der Waals surface area contributed by atoms with Gasteiger partial charge in [0.1, 0.15) is 5.82 Å². The summed E-state index contributed by atoms with van der Waals surface area (Å²) in [5.41, 5.74) is 4.79. The second-order valence-electron chi connectivity index (χ2n) is 7.05. The number of benzene rings is 1. The molecule has 0 aliphatic carbocycles. The first-order valence-corrected chi connectivity index (χ1v) is 10.1. The second kappa shape index (κ2) is 9.08. The summed E-state index contributed by atoms with van der Waals surface area (Å²) in [5, 5.41) is 8.19. The van der Waals surface area contributed by atoms with Gasteiger partial charge in [0.2, 0.25) is 0 Å². The first-order valence-electron chi connectivity index (χ1n) is 10.1. The molecule has 6 nitrogen and oxygen atoms in total. The number of nitrogens with one attached hydrogen (secondary N) is 1. The van der Waals surface area contributed by atoms with Crippen LogP contribution in [0.4, 0.5) is 10.1 Å². The fraction of sp³-hybridized carbons (Fsp3) is 0.524. The van der Waals surface area contributed by atoms with E-state index in [0.29, 0.717) is 0 Å². The maximum atomic E-state index is 13.1. The van der Waals surface area contributed by atoms with Gasteiger partial charge < -0.3 is 15.1 Å². The third-order valence-electron chi connectivity index (χ3n) is 5.43. The molecule has 0 saturated carbocycles. The summed E-state index contributed by atoms with van der Waals surface area (Å²) in [6.07, 6.45) is 1.90. The van der Waals surface area contributed by atoms with Crippen LogP contribution >= 0.6 is 0 Å². The van der Waals surface area contributed by atoms with Gasteiger partial charge in [-0.25, -0.2) is 4.39 Å². The number of aryl methyl sites for hydroxylation is 2. The molecule has 1 aromatic carbocycles. The van der Waals surface area contributed by atoms with E-state index < -0.39 is 0 Å². The average molecular weight is 387 g/mol. The summed E-state index contributed by atoms with van der Waals surface area (Å²) >= 11 is 0. The van der Waals surface area contributed by atoms with Gasteiger partial charge in [-0.15, -0.1) is 0 Å². The van der Waals surface area contributed by atoms with Crippen LogP contribution in [0.15, 0.2) is 29.3 Å². The highest BCUT2D eigenvalue weighted by Gasteiger charge is 2.21. The topological polar surface area (TPSA) is 48.7 Å². The van der Waals surface area contributed by atoms with E-state index in [-0.39, 0.29) is 5.82 Å². The van der Waals surface area contributed by atoms with Gasteiger partial charge >= 0.3 is 0 Å². The Morgan fingerprint density at radius 2 is 1.79 bits per heavy atom. The molecule has 0 radical (unpaired) electrons. The molecule has 1 saturated heterocycles. The molecule has 7 heteroatoms. The highest BCUT2D eigenvalue weighted by Crippen LogP contribution is 2.18. The molecule has 2 aromatic rings. The average Bonchev–Trinajstić information content (AvgIpc) is 3.04. The molecular weight excluding hydrogens is 355 g/mol. The van der Waals surface area contributed by atoms with E-state index in [1.54, 1.807) is 0 Å². The third kappa shape index (κ3) is 4.29. The number of guanidine groups is 1. The second-order valence-corrected chi connectivity index (χ2v) is 7.05. The zero-order valence-corrected chi connectivity index (χ0v) is 17.4. The van der Waals surface area contributed by atoms with Crippen molar-refractivity contribution in [2.24, 2.45) is 12.0 Å². The maximum Gasteiger partial charge on any atom is 0.194 e. The van der Waals surface area contributed by atoms with Crippen molar-refractivity contribution in [2.45, 2.75) is 33.2 Å². The van der Waals surface area contributed by atoms with Gasteiger partial charge in [-0.1, -0.05) is 13.8 Å². The predicted octanol–water partition coefficient (Wildman–Crippen LogP) is 2.58. The number of anilines is 1. The van der Waals surface area contributed by atoms with Crippen molar-refractivity contribution < 1.29 is 4.39 Å². The molecular formula is C21H31FN6. The van der Waals surface area contributed by atoms with Crippen LogP contribution in [0, 0.1) is 5.82 Å². The normalized spacial score (nSPS) is 15.2. The van der Waals surface area contributed by atoms with Crippen LogP contribution in [-0.4, -0.2) is 53.9 Å². The van der Waals surface area contributed by atoms with E-state index in [0.717, 1.165) is 62.9 Å². The molecule has 0 unspecified atom stereocenters. The van der Waals surface area contributed by atoms with Crippen LogP contribution in [0.2, 0.25) is 0 Å². The molecule has 1 aromatic heterocycles. The van der Waals surface area contributed by atoms with Gasteiger partial charge in [0.15, 0.2) is 5.96 Å². The Morgan fingerprint density at radius 3 is 2.36 bits per heavy atom. The molecule has 1 N–H and O–H groups in total. The number of aromatic nitrogens is 2. The third-order valence-corrected chi connectivity index (χ3v) is 5.43. The summed E-state index contributed by atoms with van der Waals surface area (Å²) < 4.78 is 15.1. The summed E-state index contributed by atoms with van der Waals surface area (Å²) in [5.74, 6) is 0.729. The van der Waals surface area contributed by atoms with Crippen molar-refractivity contribution >= 4 is 11.6 Å². The number of halogens is 1. The van der Waals surface area contributed by atoms with Crippen molar-refractivity contribution in [1.82, 2.24) is 20.0 Å². The lowest BCUT2D eigenvalue weighted by Crippen LogP contribution is -2.52. The Bertz CT molecular complexity index is 803. The van der Waals surface area contributed by atoms with Gasteiger partial charge in [-0.3, -0.25) is 9.67 Å². The molecule has 0 spiro atoms. The monoisotopic (exact) mass is 386 g/mol. The van der Waals surface area contributed by atoms with Gasteiger partial charge in [-0.2, -0.15) is 5.10 Å². The fourth-order valence-corrected chi connectivity index (χ4v) is 3.92. The lowest BCUT2D eigenvalue weighted by atomic mass is 10.1. The summed E-state index contributed by atoms with van der Waals surface area (Å²) in [4.78, 5) is 9.06. The Morgan fingerprint density at radius 1 is 1.11 bits per heavy atom. The molecule has 1 fully saturated rings. The standard InChI is InChI=1S/C21H31FN6/c1-5-19-18(20(6-2)26(4)25-19)15-24-21(23-3)28-13-11-27(12-14-28)17-9-7-16(22)8-10-17/h7-10H,5-6,11-15H2,1-4H3,(H,23,24). The molecule has 0 atom stereocenters. The summed E-state index contributed by atoms with van der Waals surface area (Å²) in [6, 6.07) is 6.73. The molecule has 152 valence electrons. The van der Waals surface area contributed by atoms with Crippen LogP contribution in [0.3, 0.4) is 0 Å². The van der Waals surface area contributed by atoms with Crippen LogP contribution in [0.1, 0.15) is 30.8 Å². The Kier molecular flexibility index (Phi) is 6.54. The van der Waals surface area contributed by atoms with Crippen molar-refractivity contribution in [1.29, 1.82) is 0 Å². The number of piperazine rings is 1. The molecule has 0 amide bonds. The van der Waals surface area contributed by atoms with E-state index in [9.17, 15) is 4.39 Å². The Labute approximate surface area is 167 Å². The van der Waals surface area contributed by atoms with Crippen molar-refractivity contribution in [3.05, 3.63) is 47.0 Å². The predicted molar refractivity (Wildman–Crippen MR) is 112 cm³/mol. The molecule has 2 heterocycles. The number of aliphatic imine (C=N–C) groups is 1. The van der Waals surface area contributed by atoms with E-state index in [2.05, 4.69) is 39.1 Å². The molecule has 28 heavy (non-hydrogen) atoms. The minimum absolute atomic E-state index is 0.194. The van der Waals surface area contributed by atoms with E-state index in [1.165, 1.54) is 23.4 Å². The molecule has 3 rings (SSSR count). The zero-order chi connectivity index (χ0) is 20.1. The smallest absolute Gasteiger partial charge is 0.194 e. The van der Waals surface area contributed by atoms with E-state index in [4.69, 9.17) is 0 Å². The van der Waals surface area contributed by atoms with Gasteiger partial charge in [0, 0.05) is 63.8 Å². The fourth-order valence-electron chi connectivity index (χ4n) is 3.92. The summed E-state index contributed by atoms with van der Waals surface area (Å²) in [6.45, 7) is 8.60. The van der Waals surface area contributed by atoms with E-state index >= 15 is 0 Å². The first-order chi connectivity index (χ1) is 13.6. The molecule has 1 aliphatic rings. The maximum absolute atomic E-state index is 13.1. The lowest BCUT2D eigenvalue weighted by molar-refractivity contribution is 0.372. The summed E-state index contributed by atoms with van der Waals surface area (Å²) in [7, 11) is 3.85. The van der Waals surface area contributed by atoms with Crippen molar-refractivity contribution in [2.75, 3.05) is 38.1 Å². The Hall–Kier alpha value is -2.57. The number of hydrogen-bond acceptors (Lipinski definition) is 3. The van der Waals surface area contributed by atoms with Crippen molar-refractivity contribution in [3.8, 4) is 0 Å². The number of hydrogen-bond donors (Lipinski definition) is 1. The van der Waals surface area contributed by atoms with Crippen molar-refractivity contribution in [3.63, 3.8) is 0 Å². The largest absolute Gasteiger partial charge is 0.368 e. The SMILES string of the molecule is CCc1nn(C)c(CC)c1CNC(=NC)N1CCN(c2ccc(F)cc2)CC1. The molecule has 0 bridgehead atoms. The van der Waals surface area contributed by atoms with E-state index in [1.807, 2.05) is 30.9 Å². The number of rotatable bonds is 5. The van der Waals surface area contributed by atoms with Gasteiger partial charge in [0.05, 0.1) is 5.69 Å². The zero-order valence-electron chi connectivity index (χ0n) is 17.4. The van der Waals surface area contributed by atoms with Crippen LogP contribution < -0.4 is 10.2 Å². The number of nitrogens with zero attached hydrogens (tertiary/aromatic N) is 5. The first kappa shape index (κ1) is 20.2. The minimum atomic E-state index is -0.194. The minimum Gasteiger partial charge on any atom is -0.368 e. The highest BCUT2D eigenvalue weighted by molar-refractivity contribution is 5.80. The lowest BCUT2D eigenvalue weighted by Gasteiger charge is -2.37. The Balaban J connectivity index is 1.61. The van der Waals surface area contributed by atoms with Crippen LogP contribution in [0.25, 0.3) is 0 Å². The van der Waals surface area contributed by atoms with Crippen LogP contribution in [0.5, 0.6) is 0 Å². The van der Waals surface area contributed by atoms with Gasteiger partial charge in [-0.05, 0) is 37.1 Å². The highest BCUT2D eigenvalue weighted by atomic mass is 19.1.